The fourth-order valence-corrected chi connectivity index (χ4v) is 3.11. The SMILES string of the molecule is COc1c(C)cnc(CC(CC2=CCCCC2)NN)c1C. The van der Waals surface area contributed by atoms with E-state index in [0.29, 0.717) is 0 Å². The summed E-state index contributed by atoms with van der Waals surface area (Å²) >= 11 is 0. The van der Waals surface area contributed by atoms with Crippen molar-refractivity contribution >= 4 is 0 Å². The number of methoxy groups -OCH3 is 1. The summed E-state index contributed by atoms with van der Waals surface area (Å²) in [6.45, 7) is 4.09. The molecule has 0 fully saturated rings. The van der Waals surface area contributed by atoms with Crippen LogP contribution in [-0.4, -0.2) is 18.1 Å². The van der Waals surface area contributed by atoms with E-state index in [9.17, 15) is 0 Å². The molecule has 1 aliphatic rings. The summed E-state index contributed by atoms with van der Waals surface area (Å²) < 4.78 is 5.48. The highest BCUT2D eigenvalue weighted by Crippen LogP contribution is 2.26. The third kappa shape index (κ3) is 4.05. The van der Waals surface area contributed by atoms with Crippen LogP contribution in [0.4, 0.5) is 0 Å². The highest BCUT2D eigenvalue weighted by Gasteiger charge is 2.16. The lowest BCUT2D eigenvalue weighted by molar-refractivity contribution is 0.405. The summed E-state index contributed by atoms with van der Waals surface area (Å²) in [6, 6.07) is 0.230. The van der Waals surface area contributed by atoms with Crippen LogP contribution in [0.2, 0.25) is 0 Å². The summed E-state index contributed by atoms with van der Waals surface area (Å²) in [5, 5.41) is 0. The molecule has 116 valence electrons. The van der Waals surface area contributed by atoms with E-state index in [1.807, 2.05) is 13.1 Å². The van der Waals surface area contributed by atoms with Gasteiger partial charge in [-0.05, 0) is 46.0 Å². The van der Waals surface area contributed by atoms with Gasteiger partial charge in [0.1, 0.15) is 5.75 Å². The molecule has 1 atom stereocenters. The fraction of sp³-hybridized carbons (Fsp3) is 0.588. The number of hydrazine groups is 1. The van der Waals surface area contributed by atoms with Gasteiger partial charge in [-0.1, -0.05) is 11.6 Å². The van der Waals surface area contributed by atoms with Gasteiger partial charge in [0.15, 0.2) is 0 Å². The van der Waals surface area contributed by atoms with Crippen molar-refractivity contribution in [1.82, 2.24) is 10.4 Å². The van der Waals surface area contributed by atoms with Gasteiger partial charge in [0, 0.05) is 35.5 Å². The first kappa shape index (κ1) is 16.0. The molecule has 2 rings (SSSR count). The molecule has 4 heteroatoms. The summed E-state index contributed by atoms with van der Waals surface area (Å²) in [5.41, 5.74) is 7.75. The Labute approximate surface area is 127 Å². The highest BCUT2D eigenvalue weighted by molar-refractivity contribution is 5.41. The van der Waals surface area contributed by atoms with Crippen molar-refractivity contribution in [3.63, 3.8) is 0 Å². The maximum Gasteiger partial charge on any atom is 0.128 e. The van der Waals surface area contributed by atoms with Gasteiger partial charge in [0.05, 0.1) is 7.11 Å². The Hall–Kier alpha value is -1.39. The molecule has 4 nitrogen and oxygen atoms in total. The minimum absolute atomic E-state index is 0.230. The van der Waals surface area contributed by atoms with Crippen LogP contribution >= 0.6 is 0 Å². The number of ether oxygens (including phenoxy) is 1. The van der Waals surface area contributed by atoms with Crippen LogP contribution in [0, 0.1) is 13.8 Å². The molecule has 0 aromatic carbocycles. The third-order valence-corrected chi connectivity index (χ3v) is 4.32. The van der Waals surface area contributed by atoms with Crippen molar-refractivity contribution in [2.75, 3.05) is 7.11 Å². The van der Waals surface area contributed by atoms with Crippen LogP contribution in [0.15, 0.2) is 17.8 Å². The van der Waals surface area contributed by atoms with Gasteiger partial charge in [0.25, 0.3) is 0 Å². The Morgan fingerprint density at radius 3 is 2.76 bits per heavy atom. The molecule has 1 heterocycles. The number of aryl methyl sites for hydroxylation is 1. The lowest BCUT2D eigenvalue weighted by atomic mass is 9.92. The average molecular weight is 289 g/mol. The zero-order valence-electron chi connectivity index (χ0n) is 13.4. The van der Waals surface area contributed by atoms with E-state index in [2.05, 4.69) is 23.4 Å². The molecule has 0 aliphatic heterocycles. The minimum Gasteiger partial charge on any atom is -0.496 e. The first-order valence-electron chi connectivity index (χ1n) is 7.78. The molecule has 0 radical (unpaired) electrons. The lowest BCUT2D eigenvalue weighted by Crippen LogP contribution is -2.37. The molecular weight excluding hydrogens is 262 g/mol. The van der Waals surface area contributed by atoms with E-state index in [4.69, 9.17) is 10.6 Å². The first-order valence-corrected chi connectivity index (χ1v) is 7.78. The molecule has 21 heavy (non-hydrogen) atoms. The van der Waals surface area contributed by atoms with Gasteiger partial charge in [0.2, 0.25) is 0 Å². The number of allylic oxidation sites excluding steroid dienone is 1. The van der Waals surface area contributed by atoms with E-state index in [-0.39, 0.29) is 6.04 Å². The molecule has 1 aromatic heterocycles. The van der Waals surface area contributed by atoms with Crippen LogP contribution in [0.25, 0.3) is 0 Å². The fourth-order valence-electron chi connectivity index (χ4n) is 3.11. The summed E-state index contributed by atoms with van der Waals surface area (Å²) in [7, 11) is 1.71. The number of hydrogen-bond acceptors (Lipinski definition) is 4. The van der Waals surface area contributed by atoms with Crippen molar-refractivity contribution < 1.29 is 4.74 Å². The average Bonchev–Trinajstić information content (AvgIpc) is 2.50. The predicted molar refractivity (Wildman–Crippen MR) is 86.2 cm³/mol. The van der Waals surface area contributed by atoms with Crippen LogP contribution < -0.4 is 16.0 Å². The molecule has 1 aliphatic carbocycles. The molecule has 1 unspecified atom stereocenters. The summed E-state index contributed by atoms with van der Waals surface area (Å²) in [5.74, 6) is 6.69. The number of aromatic nitrogens is 1. The van der Waals surface area contributed by atoms with Crippen LogP contribution in [-0.2, 0) is 6.42 Å². The number of pyridine rings is 1. The van der Waals surface area contributed by atoms with E-state index < -0.39 is 0 Å². The lowest BCUT2D eigenvalue weighted by Gasteiger charge is -2.21. The number of hydrogen-bond donors (Lipinski definition) is 2. The maximum absolute atomic E-state index is 5.75. The van der Waals surface area contributed by atoms with Gasteiger partial charge < -0.3 is 4.74 Å². The Balaban J connectivity index is 2.09. The summed E-state index contributed by atoms with van der Waals surface area (Å²) in [4.78, 5) is 4.57. The molecule has 3 N–H and O–H groups in total. The van der Waals surface area contributed by atoms with E-state index in [1.54, 1.807) is 7.11 Å². The normalized spacial score (nSPS) is 16.5. The largest absolute Gasteiger partial charge is 0.496 e. The number of nitrogens with two attached hydrogens (primary N) is 1. The Morgan fingerprint density at radius 2 is 2.14 bits per heavy atom. The molecule has 1 aromatic rings. The molecular formula is C17H27N3O. The quantitative estimate of drug-likeness (QED) is 0.480. The number of nitrogens with one attached hydrogen (secondary N) is 1. The first-order chi connectivity index (χ1) is 10.2. The van der Waals surface area contributed by atoms with Crippen LogP contribution in [0.1, 0.15) is 48.9 Å². The highest BCUT2D eigenvalue weighted by atomic mass is 16.5. The van der Waals surface area contributed by atoms with Gasteiger partial charge in [-0.25, -0.2) is 0 Å². The second-order valence-electron chi connectivity index (χ2n) is 5.93. The van der Waals surface area contributed by atoms with Crippen molar-refractivity contribution in [2.24, 2.45) is 5.84 Å². The minimum atomic E-state index is 0.230. The van der Waals surface area contributed by atoms with Crippen molar-refractivity contribution in [3.8, 4) is 5.75 Å². The number of nitrogens with zero attached hydrogens (tertiary/aromatic N) is 1. The molecule has 0 saturated carbocycles. The third-order valence-electron chi connectivity index (χ3n) is 4.32. The smallest absolute Gasteiger partial charge is 0.128 e. The zero-order chi connectivity index (χ0) is 15.2. The Morgan fingerprint density at radius 1 is 1.33 bits per heavy atom. The molecule has 0 saturated heterocycles. The molecule has 0 amide bonds. The molecule has 0 bridgehead atoms. The maximum atomic E-state index is 5.75. The Kier molecular flexibility index (Phi) is 5.76. The van der Waals surface area contributed by atoms with Gasteiger partial charge in [-0.2, -0.15) is 0 Å². The van der Waals surface area contributed by atoms with Gasteiger partial charge in [-0.15, -0.1) is 0 Å². The zero-order valence-corrected chi connectivity index (χ0v) is 13.4. The monoisotopic (exact) mass is 289 g/mol. The van der Waals surface area contributed by atoms with Crippen LogP contribution in [0.5, 0.6) is 5.75 Å². The summed E-state index contributed by atoms with van der Waals surface area (Å²) in [6.07, 6.45) is 11.1. The molecule has 0 spiro atoms. The topological polar surface area (TPSA) is 60.2 Å². The second-order valence-corrected chi connectivity index (χ2v) is 5.93. The Bertz CT molecular complexity index is 511. The van der Waals surface area contributed by atoms with Gasteiger partial charge >= 0.3 is 0 Å². The van der Waals surface area contributed by atoms with Gasteiger partial charge in [-0.3, -0.25) is 16.3 Å². The van der Waals surface area contributed by atoms with E-state index in [1.165, 1.54) is 31.3 Å². The van der Waals surface area contributed by atoms with E-state index in [0.717, 1.165) is 35.4 Å². The van der Waals surface area contributed by atoms with Crippen molar-refractivity contribution in [1.29, 1.82) is 0 Å². The van der Waals surface area contributed by atoms with E-state index >= 15 is 0 Å². The standard InChI is InChI=1S/C17H27N3O/c1-12-11-19-16(13(2)17(12)21-3)10-15(20-18)9-14-7-5-4-6-8-14/h7,11,15,20H,4-6,8-10,18H2,1-3H3. The van der Waals surface area contributed by atoms with Crippen molar-refractivity contribution in [2.45, 2.75) is 58.4 Å². The predicted octanol–water partition coefficient (Wildman–Crippen LogP) is 2.97. The van der Waals surface area contributed by atoms with Crippen molar-refractivity contribution in [3.05, 3.63) is 34.7 Å². The number of rotatable bonds is 6. The van der Waals surface area contributed by atoms with Crippen LogP contribution in [0.3, 0.4) is 0 Å². The second kappa shape index (κ2) is 7.57.